The lowest BCUT2D eigenvalue weighted by Gasteiger charge is -2.03. The molecule has 0 aromatic heterocycles. The van der Waals surface area contributed by atoms with Gasteiger partial charge in [0.05, 0.1) is 4.90 Å². The topological polar surface area (TPSA) is 89.3 Å². The summed E-state index contributed by atoms with van der Waals surface area (Å²) in [4.78, 5) is 10.4. The average Bonchev–Trinajstić information content (AvgIpc) is 2.02. The van der Waals surface area contributed by atoms with Crippen molar-refractivity contribution < 1.29 is 13.2 Å². The Kier molecular flexibility index (Phi) is 3.12. The molecule has 1 aromatic carbocycles. The van der Waals surface area contributed by atoms with E-state index < -0.39 is 16.1 Å². The Morgan fingerprint density at radius 2 is 1.79 bits per heavy atom. The molecule has 0 aliphatic carbocycles. The average molecular weight is 279 g/mol. The lowest BCUT2D eigenvalue weighted by molar-refractivity contribution is 0.253. The number of halogens is 1. The molecule has 14 heavy (non-hydrogen) atoms. The number of carbonyl (C=O) groups is 1. The number of hydrogen-bond acceptors (Lipinski definition) is 3. The first-order valence-corrected chi connectivity index (χ1v) is 5.77. The maximum Gasteiger partial charge on any atom is 0.326 e. The van der Waals surface area contributed by atoms with Crippen molar-refractivity contribution in [1.29, 1.82) is 0 Å². The predicted octanol–water partition coefficient (Wildman–Crippen LogP) is 0.806. The van der Waals surface area contributed by atoms with Crippen molar-refractivity contribution in [1.82, 2.24) is 4.72 Å². The standard InChI is InChI=1S/C7H7BrN2O3S/c8-5-1-3-6(4-2-5)14(12,13)10-7(9)11/h1-4H,(H3,9,10,11). The molecule has 0 fully saturated rings. The monoisotopic (exact) mass is 278 g/mol. The van der Waals surface area contributed by atoms with E-state index >= 15 is 0 Å². The molecule has 0 saturated heterocycles. The zero-order valence-electron chi connectivity index (χ0n) is 6.90. The van der Waals surface area contributed by atoms with Crippen LogP contribution in [-0.4, -0.2) is 14.4 Å². The summed E-state index contributed by atoms with van der Waals surface area (Å²) >= 11 is 3.16. The number of hydrogen-bond donors (Lipinski definition) is 2. The van der Waals surface area contributed by atoms with Crippen molar-refractivity contribution in [2.75, 3.05) is 0 Å². The molecule has 76 valence electrons. The first kappa shape index (κ1) is 11.0. The Morgan fingerprint density at radius 1 is 1.29 bits per heavy atom. The second kappa shape index (κ2) is 3.97. The molecule has 5 nitrogen and oxygen atoms in total. The van der Waals surface area contributed by atoms with Gasteiger partial charge in [0.25, 0.3) is 10.0 Å². The maximum atomic E-state index is 11.3. The van der Waals surface area contributed by atoms with Crippen molar-refractivity contribution in [2.45, 2.75) is 4.90 Å². The molecule has 2 amide bonds. The van der Waals surface area contributed by atoms with Gasteiger partial charge in [0.15, 0.2) is 0 Å². The van der Waals surface area contributed by atoms with E-state index in [4.69, 9.17) is 5.73 Å². The highest BCUT2D eigenvalue weighted by atomic mass is 79.9. The van der Waals surface area contributed by atoms with E-state index in [0.717, 1.165) is 4.47 Å². The first-order valence-electron chi connectivity index (χ1n) is 3.49. The molecule has 0 atom stereocenters. The minimum Gasteiger partial charge on any atom is -0.351 e. The molecule has 1 aromatic rings. The zero-order chi connectivity index (χ0) is 10.8. The van der Waals surface area contributed by atoms with E-state index in [9.17, 15) is 13.2 Å². The summed E-state index contributed by atoms with van der Waals surface area (Å²) in [6.07, 6.45) is 0. The predicted molar refractivity (Wildman–Crippen MR) is 54.0 cm³/mol. The van der Waals surface area contributed by atoms with Crippen LogP contribution in [-0.2, 0) is 10.0 Å². The van der Waals surface area contributed by atoms with Crippen molar-refractivity contribution in [3.05, 3.63) is 28.7 Å². The SMILES string of the molecule is NC(=O)NS(=O)(=O)c1ccc(Br)cc1. The fourth-order valence-electron chi connectivity index (χ4n) is 0.805. The minimum atomic E-state index is -3.82. The summed E-state index contributed by atoms with van der Waals surface area (Å²) in [6, 6.07) is 4.71. The third-order valence-electron chi connectivity index (χ3n) is 1.36. The molecule has 1 rings (SSSR count). The number of sulfonamides is 1. The van der Waals surface area contributed by atoms with Crippen molar-refractivity contribution in [3.63, 3.8) is 0 Å². The Bertz CT molecular complexity index is 441. The smallest absolute Gasteiger partial charge is 0.326 e. The van der Waals surface area contributed by atoms with Gasteiger partial charge >= 0.3 is 6.03 Å². The number of carbonyl (C=O) groups excluding carboxylic acids is 1. The van der Waals surface area contributed by atoms with Crippen LogP contribution in [0.2, 0.25) is 0 Å². The van der Waals surface area contributed by atoms with Gasteiger partial charge in [0.2, 0.25) is 0 Å². The Morgan fingerprint density at radius 3 is 2.21 bits per heavy atom. The van der Waals surface area contributed by atoms with Gasteiger partial charge in [-0.25, -0.2) is 17.9 Å². The van der Waals surface area contributed by atoms with Gasteiger partial charge < -0.3 is 5.73 Å². The van der Waals surface area contributed by atoms with Crippen LogP contribution < -0.4 is 10.5 Å². The van der Waals surface area contributed by atoms with E-state index in [1.54, 1.807) is 16.9 Å². The molecular weight excluding hydrogens is 272 g/mol. The molecule has 0 saturated carbocycles. The third-order valence-corrected chi connectivity index (χ3v) is 3.25. The maximum absolute atomic E-state index is 11.3. The molecule has 0 bridgehead atoms. The Balaban J connectivity index is 3.05. The van der Waals surface area contributed by atoms with Crippen LogP contribution in [0.3, 0.4) is 0 Å². The molecular formula is C7H7BrN2O3S. The minimum absolute atomic E-state index is 0.0144. The van der Waals surface area contributed by atoms with Crippen molar-refractivity contribution >= 4 is 32.0 Å². The van der Waals surface area contributed by atoms with E-state index in [1.807, 2.05) is 0 Å². The van der Waals surface area contributed by atoms with Gasteiger partial charge in [0.1, 0.15) is 0 Å². The number of urea groups is 1. The van der Waals surface area contributed by atoms with Crippen LogP contribution in [0.5, 0.6) is 0 Å². The number of rotatable bonds is 2. The first-order chi connectivity index (χ1) is 6.42. The molecule has 0 aliphatic rings. The Labute approximate surface area is 89.5 Å². The third kappa shape index (κ3) is 2.71. The fraction of sp³-hybridized carbons (Fsp3) is 0. The highest BCUT2D eigenvalue weighted by Crippen LogP contribution is 2.14. The second-order valence-corrected chi connectivity index (χ2v) is 5.02. The van der Waals surface area contributed by atoms with Gasteiger partial charge in [0, 0.05) is 4.47 Å². The molecule has 0 spiro atoms. The van der Waals surface area contributed by atoms with E-state index in [1.165, 1.54) is 12.1 Å². The summed E-state index contributed by atoms with van der Waals surface area (Å²) < 4.78 is 25.0. The largest absolute Gasteiger partial charge is 0.351 e. The van der Waals surface area contributed by atoms with Gasteiger partial charge in [-0.15, -0.1) is 0 Å². The zero-order valence-corrected chi connectivity index (χ0v) is 9.30. The van der Waals surface area contributed by atoms with Crippen LogP contribution >= 0.6 is 15.9 Å². The molecule has 3 N–H and O–H groups in total. The Hall–Kier alpha value is -1.08. The number of nitrogens with two attached hydrogens (primary N) is 1. The lowest BCUT2D eigenvalue weighted by atomic mass is 10.4. The summed E-state index contributed by atoms with van der Waals surface area (Å²) in [5, 5.41) is 0. The van der Waals surface area contributed by atoms with Crippen molar-refractivity contribution in [2.24, 2.45) is 5.73 Å². The molecule has 0 heterocycles. The fourth-order valence-corrected chi connectivity index (χ4v) is 1.95. The van der Waals surface area contributed by atoms with Crippen molar-refractivity contribution in [3.8, 4) is 0 Å². The number of benzene rings is 1. The van der Waals surface area contributed by atoms with Crippen LogP contribution in [0, 0.1) is 0 Å². The number of primary amides is 1. The van der Waals surface area contributed by atoms with E-state index in [0.29, 0.717) is 0 Å². The van der Waals surface area contributed by atoms with Crippen LogP contribution in [0.1, 0.15) is 0 Å². The van der Waals surface area contributed by atoms with Gasteiger partial charge in [-0.3, -0.25) is 0 Å². The van der Waals surface area contributed by atoms with Crippen LogP contribution in [0.15, 0.2) is 33.6 Å². The van der Waals surface area contributed by atoms with Gasteiger partial charge in [-0.1, -0.05) is 15.9 Å². The molecule has 0 aliphatic heterocycles. The number of amides is 2. The van der Waals surface area contributed by atoms with Gasteiger partial charge in [-0.2, -0.15) is 0 Å². The van der Waals surface area contributed by atoms with Crippen LogP contribution in [0.4, 0.5) is 4.79 Å². The van der Waals surface area contributed by atoms with E-state index in [2.05, 4.69) is 15.9 Å². The van der Waals surface area contributed by atoms with Crippen LogP contribution in [0.25, 0.3) is 0 Å². The molecule has 7 heteroatoms. The highest BCUT2D eigenvalue weighted by Gasteiger charge is 2.14. The molecule has 0 radical (unpaired) electrons. The normalized spacial score (nSPS) is 10.9. The lowest BCUT2D eigenvalue weighted by Crippen LogP contribution is -2.34. The number of nitrogens with one attached hydrogen (secondary N) is 1. The summed E-state index contributed by atoms with van der Waals surface area (Å²) in [5.41, 5.74) is 4.71. The summed E-state index contributed by atoms with van der Waals surface area (Å²) in [6.45, 7) is 0. The summed E-state index contributed by atoms with van der Waals surface area (Å²) in [5.74, 6) is 0. The van der Waals surface area contributed by atoms with E-state index in [-0.39, 0.29) is 4.90 Å². The second-order valence-electron chi connectivity index (χ2n) is 2.42. The highest BCUT2D eigenvalue weighted by molar-refractivity contribution is 9.10. The summed E-state index contributed by atoms with van der Waals surface area (Å²) in [7, 11) is -3.82. The quantitative estimate of drug-likeness (QED) is 0.839. The van der Waals surface area contributed by atoms with Gasteiger partial charge in [-0.05, 0) is 24.3 Å². The molecule has 0 unspecified atom stereocenters.